The first-order chi connectivity index (χ1) is 9.88. The van der Waals surface area contributed by atoms with Crippen LogP contribution in [-0.2, 0) is 10.0 Å². The smallest absolute Gasteiger partial charge is 0.240 e. The van der Waals surface area contributed by atoms with Crippen molar-refractivity contribution in [2.24, 2.45) is 0 Å². The maximum absolute atomic E-state index is 12.4. The minimum absolute atomic E-state index is 0. The maximum Gasteiger partial charge on any atom is 0.240 e. The third-order valence-corrected chi connectivity index (χ3v) is 4.96. The molecule has 0 aromatic heterocycles. The van der Waals surface area contributed by atoms with Crippen molar-refractivity contribution < 1.29 is 13.2 Å². The molecule has 22 heavy (non-hydrogen) atoms. The summed E-state index contributed by atoms with van der Waals surface area (Å²) < 4.78 is 33.2. The molecule has 0 spiro atoms. The maximum atomic E-state index is 12.4. The van der Waals surface area contributed by atoms with Crippen molar-refractivity contribution in [2.75, 3.05) is 13.1 Å². The van der Waals surface area contributed by atoms with E-state index >= 15 is 0 Å². The molecule has 126 valence electrons. The van der Waals surface area contributed by atoms with Gasteiger partial charge >= 0.3 is 0 Å². The number of aryl methyl sites for hydroxylation is 1. The Morgan fingerprint density at radius 1 is 1.36 bits per heavy atom. The van der Waals surface area contributed by atoms with Crippen LogP contribution in [0.5, 0.6) is 5.75 Å². The highest BCUT2D eigenvalue weighted by Crippen LogP contribution is 2.23. The first-order valence-corrected chi connectivity index (χ1v) is 8.87. The number of ether oxygens (including phenoxy) is 1. The van der Waals surface area contributed by atoms with E-state index in [-0.39, 0.29) is 24.6 Å². The van der Waals surface area contributed by atoms with E-state index in [4.69, 9.17) is 4.74 Å². The summed E-state index contributed by atoms with van der Waals surface area (Å²) >= 11 is 0. The monoisotopic (exact) mass is 348 g/mol. The lowest BCUT2D eigenvalue weighted by atomic mass is 10.1. The Morgan fingerprint density at radius 3 is 2.64 bits per heavy atom. The second-order valence-corrected chi connectivity index (χ2v) is 7.47. The van der Waals surface area contributed by atoms with Crippen molar-refractivity contribution in [3.8, 4) is 5.75 Å². The molecule has 0 bridgehead atoms. The van der Waals surface area contributed by atoms with E-state index < -0.39 is 10.0 Å². The van der Waals surface area contributed by atoms with Gasteiger partial charge in [-0.2, -0.15) is 0 Å². The number of sulfonamides is 1. The van der Waals surface area contributed by atoms with E-state index in [1.54, 1.807) is 18.2 Å². The molecule has 1 fully saturated rings. The second-order valence-electron chi connectivity index (χ2n) is 5.76. The van der Waals surface area contributed by atoms with Crippen LogP contribution < -0.4 is 14.8 Å². The Labute approximate surface area is 139 Å². The van der Waals surface area contributed by atoms with Crippen LogP contribution in [0.15, 0.2) is 23.1 Å². The summed E-state index contributed by atoms with van der Waals surface area (Å²) in [4.78, 5) is 0.293. The first-order valence-electron chi connectivity index (χ1n) is 7.39. The highest BCUT2D eigenvalue weighted by Gasteiger charge is 2.22. The molecule has 1 aliphatic rings. The molecule has 0 amide bonds. The number of nitrogens with one attached hydrogen (secondary N) is 2. The Balaban J connectivity index is 0.00000242. The van der Waals surface area contributed by atoms with Gasteiger partial charge in [-0.3, -0.25) is 0 Å². The molecular formula is C15H25ClN2O3S. The summed E-state index contributed by atoms with van der Waals surface area (Å²) in [7, 11) is -3.47. The molecule has 1 heterocycles. The van der Waals surface area contributed by atoms with Crippen LogP contribution in [0.3, 0.4) is 0 Å². The summed E-state index contributed by atoms with van der Waals surface area (Å²) in [6.07, 6.45) is 1.94. The highest BCUT2D eigenvalue weighted by atomic mass is 35.5. The lowest BCUT2D eigenvalue weighted by Crippen LogP contribution is -2.45. The Morgan fingerprint density at radius 2 is 2.09 bits per heavy atom. The molecule has 0 aliphatic carbocycles. The fourth-order valence-corrected chi connectivity index (χ4v) is 3.77. The fourth-order valence-electron chi connectivity index (χ4n) is 2.42. The zero-order valence-corrected chi connectivity index (χ0v) is 14.9. The number of hydrogen-bond donors (Lipinski definition) is 2. The van der Waals surface area contributed by atoms with Crippen molar-refractivity contribution in [2.45, 2.75) is 50.7 Å². The molecule has 0 radical (unpaired) electrons. The van der Waals surface area contributed by atoms with E-state index in [2.05, 4.69) is 10.0 Å². The Bertz CT molecular complexity index is 584. The number of benzene rings is 1. The van der Waals surface area contributed by atoms with Gasteiger partial charge in [0.25, 0.3) is 0 Å². The van der Waals surface area contributed by atoms with Crippen molar-refractivity contribution in [1.82, 2.24) is 10.0 Å². The van der Waals surface area contributed by atoms with Crippen molar-refractivity contribution in [3.05, 3.63) is 23.8 Å². The molecule has 1 atom stereocenters. The van der Waals surface area contributed by atoms with Crippen LogP contribution in [0.1, 0.15) is 32.3 Å². The number of hydrogen-bond acceptors (Lipinski definition) is 4. The largest absolute Gasteiger partial charge is 0.491 e. The summed E-state index contributed by atoms with van der Waals surface area (Å²) in [5, 5.41) is 3.20. The molecule has 7 heteroatoms. The molecule has 1 aromatic rings. The number of rotatable bonds is 5. The van der Waals surface area contributed by atoms with E-state index in [9.17, 15) is 8.42 Å². The summed E-state index contributed by atoms with van der Waals surface area (Å²) in [6.45, 7) is 7.40. The average Bonchev–Trinajstić information content (AvgIpc) is 2.41. The standard InChI is InChI=1S/C15H24N2O3S.ClH/c1-11(2)20-15-7-6-14(9-12(15)3)21(18,19)17-13-5-4-8-16-10-13;/h6-7,9,11,13,16-17H,4-5,8,10H2,1-3H3;1H. The van der Waals surface area contributed by atoms with Crippen molar-refractivity contribution in [1.29, 1.82) is 0 Å². The molecule has 2 rings (SSSR count). The van der Waals surface area contributed by atoms with Gasteiger partial charge in [-0.15, -0.1) is 12.4 Å². The summed E-state index contributed by atoms with van der Waals surface area (Å²) in [5.74, 6) is 0.725. The van der Waals surface area contributed by atoms with Gasteiger partial charge < -0.3 is 10.1 Å². The SMILES string of the molecule is Cc1cc(S(=O)(=O)NC2CCCNC2)ccc1OC(C)C.Cl. The molecule has 0 saturated carbocycles. The average molecular weight is 349 g/mol. The lowest BCUT2D eigenvalue weighted by Gasteiger charge is -2.23. The minimum atomic E-state index is -3.47. The van der Waals surface area contributed by atoms with Crippen LogP contribution in [0.2, 0.25) is 0 Å². The zero-order valence-electron chi connectivity index (χ0n) is 13.3. The van der Waals surface area contributed by atoms with E-state index in [1.807, 2.05) is 20.8 Å². The lowest BCUT2D eigenvalue weighted by molar-refractivity contribution is 0.240. The fraction of sp³-hybridized carbons (Fsp3) is 0.600. The third-order valence-electron chi connectivity index (χ3n) is 3.44. The topological polar surface area (TPSA) is 67.4 Å². The van der Waals surface area contributed by atoms with Crippen molar-refractivity contribution in [3.63, 3.8) is 0 Å². The molecular weight excluding hydrogens is 324 g/mol. The van der Waals surface area contributed by atoms with Gasteiger partial charge in [-0.1, -0.05) is 0 Å². The van der Waals surface area contributed by atoms with Crippen LogP contribution in [0, 0.1) is 6.92 Å². The van der Waals surface area contributed by atoms with Crippen LogP contribution in [0.25, 0.3) is 0 Å². The van der Waals surface area contributed by atoms with Gasteiger partial charge in [0.1, 0.15) is 5.75 Å². The molecule has 1 aromatic carbocycles. The zero-order chi connectivity index (χ0) is 15.5. The van der Waals surface area contributed by atoms with Gasteiger partial charge in [0.2, 0.25) is 10.0 Å². The predicted octanol–water partition coefficient (Wildman–Crippen LogP) is 2.23. The molecule has 2 N–H and O–H groups in total. The van der Waals surface area contributed by atoms with E-state index in [0.717, 1.165) is 30.7 Å². The number of halogens is 1. The van der Waals surface area contributed by atoms with Crippen LogP contribution in [-0.4, -0.2) is 33.7 Å². The van der Waals surface area contributed by atoms with E-state index in [1.165, 1.54) is 0 Å². The van der Waals surface area contributed by atoms with Crippen molar-refractivity contribution >= 4 is 22.4 Å². The Kier molecular flexibility index (Phi) is 7.12. The van der Waals surface area contributed by atoms with Gasteiger partial charge in [-0.05, 0) is 63.9 Å². The van der Waals surface area contributed by atoms with Gasteiger partial charge in [0, 0.05) is 12.6 Å². The van der Waals surface area contributed by atoms with Crippen LogP contribution in [0.4, 0.5) is 0 Å². The second kappa shape index (κ2) is 8.15. The quantitative estimate of drug-likeness (QED) is 0.856. The molecule has 5 nitrogen and oxygen atoms in total. The predicted molar refractivity (Wildman–Crippen MR) is 90.4 cm³/mol. The van der Waals surface area contributed by atoms with Crippen LogP contribution >= 0.6 is 12.4 Å². The minimum Gasteiger partial charge on any atom is -0.491 e. The first kappa shape index (κ1) is 19.2. The normalized spacial score (nSPS) is 18.8. The highest BCUT2D eigenvalue weighted by molar-refractivity contribution is 7.89. The van der Waals surface area contributed by atoms with Gasteiger partial charge in [-0.25, -0.2) is 13.1 Å². The summed E-state index contributed by atoms with van der Waals surface area (Å²) in [5.41, 5.74) is 0.827. The third kappa shape index (κ3) is 5.12. The van der Waals surface area contributed by atoms with Gasteiger partial charge in [0.05, 0.1) is 11.0 Å². The summed E-state index contributed by atoms with van der Waals surface area (Å²) in [6, 6.07) is 4.96. The molecule has 1 saturated heterocycles. The molecule has 1 aliphatic heterocycles. The van der Waals surface area contributed by atoms with E-state index in [0.29, 0.717) is 11.4 Å². The molecule has 1 unspecified atom stereocenters. The van der Waals surface area contributed by atoms with Gasteiger partial charge in [0.15, 0.2) is 0 Å². The number of piperidine rings is 1. The Hall–Kier alpha value is -0.820.